The Bertz CT molecular complexity index is 583. The lowest BCUT2D eigenvalue weighted by Crippen LogP contribution is -2.27. The maximum atomic E-state index is 11.6. The van der Waals surface area contributed by atoms with Crippen molar-refractivity contribution in [1.82, 2.24) is 5.32 Å². The summed E-state index contributed by atoms with van der Waals surface area (Å²) in [6.45, 7) is 4.86. The maximum Gasteiger partial charge on any atom is 0.0579 e. The molecule has 3 heteroatoms. The number of hydrogen-bond acceptors (Lipinski definition) is 2. The lowest BCUT2D eigenvalue weighted by atomic mass is 9.95. The number of nitrogens with one attached hydrogen (secondary N) is 1. The fourth-order valence-electron chi connectivity index (χ4n) is 2.42. The van der Waals surface area contributed by atoms with Crippen molar-refractivity contribution in [1.29, 1.82) is 0 Å². The highest BCUT2D eigenvalue weighted by molar-refractivity contribution is 7.84. The minimum atomic E-state index is -0.724. The molecule has 0 saturated carbocycles. The Kier molecular flexibility index (Phi) is 6.15. The molecule has 0 aliphatic rings. The lowest BCUT2D eigenvalue weighted by Gasteiger charge is -2.21. The van der Waals surface area contributed by atoms with Crippen molar-refractivity contribution in [2.75, 3.05) is 18.1 Å². The summed E-state index contributed by atoms with van der Waals surface area (Å²) in [7, 11) is -0.724. The van der Waals surface area contributed by atoms with E-state index in [2.05, 4.69) is 60.8 Å². The molecule has 2 nitrogen and oxygen atoms in total. The number of hydrogen-bond donors (Lipinski definition) is 1. The molecule has 0 aliphatic carbocycles. The van der Waals surface area contributed by atoms with Crippen molar-refractivity contribution < 1.29 is 4.21 Å². The second-order valence-electron chi connectivity index (χ2n) is 5.09. The van der Waals surface area contributed by atoms with Gasteiger partial charge in [-0.15, -0.1) is 0 Å². The van der Waals surface area contributed by atoms with E-state index in [1.807, 2.05) is 13.0 Å². The Morgan fingerprint density at radius 2 is 1.71 bits per heavy atom. The molecule has 0 bridgehead atoms. The molecule has 0 aliphatic heterocycles. The van der Waals surface area contributed by atoms with Gasteiger partial charge >= 0.3 is 0 Å². The van der Waals surface area contributed by atoms with Gasteiger partial charge in [0.05, 0.1) is 6.04 Å². The Morgan fingerprint density at radius 1 is 1.05 bits per heavy atom. The number of aryl methyl sites for hydroxylation is 1. The van der Waals surface area contributed by atoms with E-state index in [1.54, 1.807) is 0 Å². The fourth-order valence-corrected chi connectivity index (χ4v) is 3.06. The first-order chi connectivity index (χ1) is 10.2. The molecule has 0 fully saturated rings. The predicted octanol–water partition coefficient (Wildman–Crippen LogP) is 3.44. The molecular weight excluding hydrogens is 278 g/mol. The van der Waals surface area contributed by atoms with Gasteiger partial charge < -0.3 is 5.32 Å². The highest BCUT2D eigenvalue weighted by atomic mass is 32.2. The van der Waals surface area contributed by atoms with Crippen molar-refractivity contribution in [3.05, 3.63) is 71.3 Å². The van der Waals surface area contributed by atoms with Crippen LogP contribution in [0.1, 0.15) is 29.7 Å². The zero-order valence-electron chi connectivity index (χ0n) is 12.7. The van der Waals surface area contributed by atoms with Gasteiger partial charge in [0.2, 0.25) is 0 Å². The van der Waals surface area contributed by atoms with Crippen LogP contribution in [-0.4, -0.2) is 22.3 Å². The molecule has 2 unspecified atom stereocenters. The quantitative estimate of drug-likeness (QED) is 0.849. The summed E-state index contributed by atoms with van der Waals surface area (Å²) in [6.07, 6.45) is 0. The van der Waals surface area contributed by atoms with E-state index in [4.69, 9.17) is 0 Å². The molecule has 0 saturated heterocycles. The van der Waals surface area contributed by atoms with Crippen LogP contribution in [0.15, 0.2) is 54.6 Å². The zero-order chi connectivity index (χ0) is 15.1. The Balaban J connectivity index is 2.19. The van der Waals surface area contributed by atoms with Crippen molar-refractivity contribution in [2.45, 2.75) is 19.9 Å². The van der Waals surface area contributed by atoms with Crippen LogP contribution < -0.4 is 5.32 Å². The van der Waals surface area contributed by atoms with Gasteiger partial charge in [-0.05, 0) is 23.6 Å². The standard InChI is InChI=1S/C18H23NOS/c1-3-21(20)14-13-19-18(16-10-5-4-6-11-16)17-12-8-7-9-15(17)2/h4-12,18-19H,3,13-14H2,1-2H3. The minimum Gasteiger partial charge on any atom is -0.305 e. The third-order valence-electron chi connectivity index (χ3n) is 3.63. The van der Waals surface area contributed by atoms with Crippen LogP contribution in [0.25, 0.3) is 0 Å². The van der Waals surface area contributed by atoms with E-state index < -0.39 is 10.8 Å². The van der Waals surface area contributed by atoms with Crippen LogP contribution in [0.4, 0.5) is 0 Å². The summed E-state index contributed by atoms with van der Waals surface area (Å²) in [6, 6.07) is 19.0. The van der Waals surface area contributed by atoms with Crippen LogP contribution in [0.2, 0.25) is 0 Å². The van der Waals surface area contributed by atoms with E-state index in [9.17, 15) is 4.21 Å². The van der Waals surface area contributed by atoms with Gasteiger partial charge in [0.25, 0.3) is 0 Å². The van der Waals surface area contributed by atoms with Crippen LogP contribution in [0.3, 0.4) is 0 Å². The molecule has 2 aromatic rings. The van der Waals surface area contributed by atoms with Gasteiger partial charge in [-0.2, -0.15) is 0 Å². The summed E-state index contributed by atoms with van der Waals surface area (Å²) in [5.74, 6) is 1.42. The molecule has 2 atom stereocenters. The molecule has 2 aromatic carbocycles. The second kappa shape index (κ2) is 8.11. The van der Waals surface area contributed by atoms with E-state index in [-0.39, 0.29) is 6.04 Å². The van der Waals surface area contributed by atoms with E-state index in [0.717, 1.165) is 12.3 Å². The molecule has 1 N–H and O–H groups in total. The lowest BCUT2D eigenvalue weighted by molar-refractivity contribution is 0.623. The highest BCUT2D eigenvalue weighted by Gasteiger charge is 2.15. The van der Waals surface area contributed by atoms with Crippen LogP contribution >= 0.6 is 0 Å². The molecule has 0 heterocycles. The Labute approximate surface area is 130 Å². The van der Waals surface area contributed by atoms with Crippen molar-refractivity contribution in [2.24, 2.45) is 0 Å². The second-order valence-corrected chi connectivity index (χ2v) is 6.95. The monoisotopic (exact) mass is 301 g/mol. The van der Waals surface area contributed by atoms with Gasteiger partial charge in [-0.3, -0.25) is 4.21 Å². The summed E-state index contributed by atoms with van der Waals surface area (Å²) in [4.78, 5) is 0. The van der Waals surface area contributed by atoms with Crippen LogP contribution in [0.5, 0.6) is 0 Å². The molecule has 0 spiro atoms. The average molecular weight is 301 g/mol. The molecule has 21 heavy (non-hydrogen) atoms. The summed E-state index contributed by atoms with van der Waals surface area (Å²) in [5, 5.41) is 3.57. The van der Waals surface area contributed by atoms with Gasteiger partial charge in [0.1, 0.15) is 0 Å². The molecular formula is C18H23NOS. The first kappa shape index (κ1) is 15.9. The topological polar surface area (TPSA) is 29.1 Å². The molecule has 112 valence electrons. The number of benzene rings is 2. The third kappa shape index (κ3) is 4.51. The van der Waals surface area contributed by atoms with Gasteiger partial charge in [-0.1, -0.05) is 61.5 Å². The van der Waals surface area contributed by atoms with Crippen molar-refractivity contribution in [3.63, 3.8) is 0 Å². The molecule has 0 aromatic heterocycles. The number of rotatable bonds is 7. The summed E-state index contributed by atoms with van der Waals surface area (Å²) < 4.78 is 11.6. The highest BCUT2D eigenvalue weighted by Crippen LogP contribution is 2.24. The summed E-state index contributed by atoms with van der Waals surface area (Å²) in [5.41, 5.74) is 3.80. The fraction of sp³-hybridized carbons (Fsp3) is 0.333. The predicted molar refractivity (Wildman–Crippen MR) is 91.0 cm³/mol. The first-order valence-electron chi connectivity index (χ1n) is 7.41. The van der Waals surface area contributed by atoms with E-state index >= 15 is 0 Å². The Hall–Kier alpha value is -1.45. The third-order valence-corrected chi connectivity index (χ3v) is 4.94. The maximum absolute atomic E-state index is 11.6. The van der Waals surface area contributed by atoms with Crippen LogP contribution in [-0.2, 0) is 10.8 Å². The molecule has 0 radical (unpaired) electrons. The first-order valence-corrected chi connectivity index (χ1v) is 8.90. The smallest absolute Gasteiger partial charge is 0.0579 e. The normalized spacial score (nSPS) is 13.8. The van der Waals surface area contributed by atoms with Crippen molar-refractivity contribution in [3.8, 4) is 0 Å². The molecule has 0 amide bonds. The van der Waals surface area contributed by atoms with Gasteiger partial charge in [-0.25, -0.2) is 0 Å². The van der Waals surface area contributed by atoms with Crippen LogP contribution in [0, 0.1) is 6.92 Å². The zero-order valence-corrected chi connectivity index (χ0v) is 13.5. The SMILES string of the molecule is CCS(=O)CCNC(c1ccccc1)c1ccccc1C. The summed E-state index contributed by atoms with van der Waals surface area (Å²) >= 11 is 0. The van der Waals surface area contributed by atoms with E-state index in [0.29, 0.717) is 5.75 Å². The average Bonchev–Trinajstić information content (AvgIpc) is 2.53. The largest absolute Gasteiger partial charge is 0.305 e. The van der Waals surface area contributed by atoms with Crippen molar-refractivity contribution >= 4 is 10.8 Å². The van der Waals surface area contributed by atoms with Gasteiger partial charge in [0.15, 0.2) is 0 Å². The Morgan fingerprint density at radius 3 is 2.38 bits per heavy atom. The van der Waals surface area contributed by atoms with Gasteiger partial charge in [0, 0.05) is 28.9 Å². The van der Waals surface area contributed by atoms with E-state index in [1.165, 1.54) is 16.7 Å². The minimum absolute atomic E-state index is 0.154. The molecule has 2 rings (SSSR count).